The number of nitrogens with zero attached hydrogens (tertiary/aromatic N) is 1. The minimum absolute atomic E-state index is 0.104. The van der Waals surface area contributed by atoms with E-state index in [4.69, 9.17) is 4.74 Å². The molecule has 5 heteroatoms. The van der Waals surface area contributed by atoms with E-state index in [0.717, 1.165) is 23.2 Å². The summed E-state index contributed by atoms with van der Waals surface area (Å²) in [6, 6.07) is 12.9. The van der Waals surface area contributed by atoms with Crippen LogP contribution in [-0.4, -0.2) is 21.1 Å². The van der Waals surface area contributed by atoms with E-state index in [0.29, 0.717) is 12.4 Å². The maximum absolute atomic E-state index is 13.3. The maximum atomic E-state index is 13.3. The van der Waals surface area contributed by atoms with Gasteiger partial charge in [-0.3, -0.25) is 4.31 Å². The summed E-state index contributed by atoms with van der Waals surface area (Å²) in [6.07, 6.45) is 0.727. The lowest BCUT2D eigenvalue weighted by molar-refractivity contribution is 0.331. The molecule has 4 nitrogen and oxygen atoms in total. The van der Waals surface area contributed by atoms with Crippen molar-refractivity contribution < 1.29 is 13.2 Å². The number of fused-ring (bicyclic) bond motifs is 1. The van der Waals surface area contributed by atoms with Gasteiger partial charge in [0.05, 0.1) is 12.3 Å². The lowest BCUT2D eigenvalue weighted by Gasteiger charge is -2.25. The minimum Gasteiger partial charge on any atom is -0.492 e. The molecule has 0 fully saturated rings. The first-order valence-corrected chi connectivity index (χ1v) is 9.25. The van der Waals surface area contributed by atoms with Crippen molar-refractivity contribution in [3.63, 3.8) is 0 Å². The van der Waals surface area contributed by atoms with Crippen LogP contribution < -0.4 is 9.04 Å². The van der Waals surface area contributed by atoms with E-state index < -0.39 is 10.0 Å². The number of hydrogen-bond acceptors (Lipinski definition) is 3. The van der Waals surface area contributed by atoms with Crippen molar-refractivity contribution in [2.75, 3.05) is 10.9 Å². The zero-order chi connectivity index (χ0) is 16.6. The van der Waals surface area contributed by atoms with Gasteiger partial charge in [-0.1, -0.05) is 24.3 Å². The Bertz CT molecular complexity index is 830. The van der Waals surface area contributed by atoms with Crippen molar-refractivity contribution in [3.8, 4) is 5.75 Å². The SMILES string of the molecule is CCOc1ccc(C)cc1S(=O)(=O)N1c2ccccc2C[C@H]1C. The predicted octanol–water partition coefficient (Wildman–Crippen LogP) is 3.53. The highest BCUT2D eigenvalue weighted by atomic mass is 32.2. The van der Waals surface area contributed by atoms with E-state index in [1.54, 1.807) is 12.1 Å². The van der Waals surface area contributed by atoms with E-state index in [9.17, 15) is 8.42 Å². The third-order valence-corrected chi connectivity index (χ3v) is 6.03. The van der Waals surface area contributed by atoms with Crippen LogP contribution in [0.2, 0.25) is 0 Å². The zero-order valence-electron chi connectivity index (χ0n) is 13.6. The molecule has 0 spiro atoms. The Hall–Kier alpha value is -2.01. The Labute approximate surface area is 137 Å². The Balaban J connectivity index is 2.15. The summed E-state index contributed by atoms with van der Waals surface area (Å²) in [7, 11) is -3.67. The van der Waals surface area contributed by atoms with E-state index in [1.807, 2.05) is 51.1 Å². The van der Waals surface area contributed by atoms with Gasteiger partial charge < -0.3 is 4.74 Å². The molecular formula is C18H21NO3S. The average molecular weight is 331 g/mol. The molecule has 0 unspecified atom stereocenters. The Morgan fingerprint density at radius 1 is 1.22 bits per heavy atom. The lowest BCUT2D eigenvalue weighted by Crippen LogP contribution is -2.36. The topological polar surface area (TPSA) is 46.6 Å². The Kier molecular flexibility index (Phi) is 4.06. The number of para-hydroxylation sites is 1. The largest absolute Gasteiger partial charge is 0.492 e. The van der Waals surface area contributed by atoms with Crippen LogP contribution in [0.5, 0.6) is 5.75 Å². The van der Waals surface area contributed by atoms with Crippen LogP contribution in [0.4, 0.5) is 5.69 Å². The molecule has 1 atom stereocenters. The van der Waals surface area contributed by atoms with E-state index >= 15 is 0 Å². The minimum atomic E-state index is -3.67. The molecule has 0 saturated carbocycles. The average Bonchev–Trinajstić information content (AvgIpc) is 2.85. The van der Waals surface area contributed by atoms with Gasteiger partial charge in [-0.25, -0.2) is 8.42 Å². The van der Waals surface area contributed by atoms with Crippen molar-refractivity contribution in [2.24, 2.45) is 0 Å². The summed E-state index contributed by atoms with van der Waals surface area (Å²) in [5.74, 6) is 0.412. The molecule has 0 amide bonds. The molecule has 2 aromatic rings. The molecule has 2 aromatic carbocycles. The first-order chi connectivity index (χ1) is 10.9. The lowest BCUT2D eigenvalue weighted by atomic mass is 10.1. The Morgan fingerprint density at radius 2 is 1.96 bits per heavy atom. The van der Waals surface area contributed by atoms with E-state index in [1.165, 1.54) is 4.31 Å². The van der Waals surface area contributed by atoms with Gasteiger partial charge in [0.1, 0.15) is 10.6 Å². The van der Waals surface area contributed by atoms with Crippen LogP contribution >= 0.6 is 0 Å². The van der Waals surface area contributed by atoms with Crippen molar-refractivity contribution in [1.82, 2.24) is 0 Å². The van der Waals surface area contributed by atoms with Gasteiger partial charge in [-0.2, -0.15) is 0 Å². The van der Waals surface area contributed by atoms with Crippen molar-refractivity contribution in [2.45, 2.75) is 38.1 Å². The number of sulfonamides is 1. The zero-order valence-corrected chi connectivity index (χ0v) is 14.4. The van der Waals surface area contributed by atoms with Crippen LogP contribution in [0.3, 0.4) is 0 Å². The van der Waals surface area contributed by atoms with Crippen LogP contribution in [0, 0.1) is 6.92 Å². The van der Waals surface area contributed by atoms with Gasteiger partial charge in [0.2, 0.25) is 0 Å². The van der Waals surface area contributed by atoms with Gasteiger partial charge >= 0.3 is 0 Å². The molecule has 0 aliphatic carbocycles. The van der Waals surface area contributed by atoms with Crippen LogP contribution in [-0.2, 0) is 16.4 Å². The normalized spacial score (nSPS) is 17.2. The van der Waals surface area contributed by atoms with Crippen molar-refractivity contribution in [3.05, 3.63) is 53.6 Å². The molecule has 0 aromatic heterocycles. The maximum Gasteiger partial charge on any atom is 0.268 e. The molecular weight excluding hydrogens is 310 g/mol. The smallest absolute Gasteiger partial charge is 0.268 e. The van der Waals surface area contributed by atoms with Crippen LogP contribution in [0.25, 0.3) is 0 Å². The quantitative estimate of drug-likeness (QED) is 0.861. The monoisotopic (exact) mass is 331 g/mol. The van der Waals surface area contributed by atoms with Gasteiger partial charge in [0.25, 0.3) is 10.0 Å². The summed E-state index contributed by atoms with van der Waals surface area (Å²) >= 11 is 0. The van der Waals surface area contributed by atoms with Crippen LogP contribution in [0.1, 0.15) is 25.0 Å². The molecule has 3 rings (SSSR count). The summed E-state index contributed by atoms with van der Waals surface area (Å²) in [4.78, 5) is 0.239. The highest BCUT2D eigenvalue weighted by molar-refractivity contribution is 7.93. The molecule has 1 aliphatic heterocycles. The van der Waals surface area contributed by atoms with E-state index in [-0.39, 0.29) is 10.9 Å². The molecule has 1 heterocycles. The summed E-state index contributed by atoms with van der Waals surface area (Å²) < 4.78 is 33.7. The Morgan fingerprint density at radius 3 is 2.70 bits per heavy atom. The van der Waals surface area contributed by atoms with Gasteiger partial charge in [0.15, 0.2) is 0 Å². The first kappa shape index (κ1) is 15.9. The fourth-order valence-electron chi connectivity index (χ4n) is 3.10. The number of ether oxygens (including phenoxy) is 1. The number of anilines is 1. The molecule has 0 saturated heterocycles. The fraction of sp³-hybridized carbons (Fsp3) is 0.333. The second-order valence-electron chi connectivity index (χ2n) is 5.87. The summed E-state index contributed by atoms with van der Waals surface area (Å²) in [5.41, 5.74) is 2.73. The second-order valence-corrected chi connectivity index (χ2v) is 7.65. The number of benzene rings is 2. The molecule has 122 valence electrons. The second kappa shape index (κ2) is 5.89. The molecule has 23 heavy (non-hydrogen) atoms. The summed E-state index contributed by atoms with van der Waals surface area (Å²) in [6.45, 7) is 6.10. The third-order valence-electron chi connectivity index (χ3n) is 4.08. The van der Waals surface area contributed by atoms with E-state index in [2.05, 4.69) is 0 Å². The van der Waals surface area contributed by atoms with Crippen LogP contribution in [0.15, 0.2) is 47.4 Å². The molecule has 0 N–H and O–H groups in total. The number of aryl methyl sites for hydroxylation is 1. The highest BCUT2D eigenvalue weighted by Crippen LogP contribution is 2.38. The van der Waals surface area contributed by atoms with Gasteiger partial charge in [-0.15, -0.1) is 0 Å². The highest BCUT2D eigenvalue weighted by Gasteiger charge is 2.37. The molecule has 1 aliphatic rings. The van der Waals surface area contributed by atoms with Crippen molar-refractivity contribution in [1.29, 1.82) is 0 Å². The standard InChI is InChI=1S/C18H21NO3S/c1-4-22-17-10-9-13(2)11-18(17)23(20,21)19-14(3)12-15-7-5-6-8-16(15)19/h5-11,14H,4,12H2,1-3H3/t14-/m1/s1. The number of hydrogen-bond donors (Lipinski definition) is 0. The molecule has 0 bridgehead atoms. The third kappa shape index (κ3) is 2.70. The molecule has 0 radical (unpaired) electrons. The first-order valence-electron chi connectivity index (χ1n) is 7.81. The van der Waals surface area contributed by atoms with Gasteiger partial charge in [-0.05, 0) is 56.5 Å². The predicted molar refractivity (Wildman–Crippen MR) is 91.6 cm³/mol. The number of rotatable bonds is 4. The fourth-order valence-corrected chi connectivity index (χ4v) is 5.01. The summed E-state index contributed by atoms with van der Waals surface area (Å²) in [5, 5.41) is 0. The van der Waals surface area contributed by atoms with Crippen molar-refractivity contribution >= 4 is 15.7 Å². The van der Waals surface area contributed by atoms with Gasteiger partial charge in [0, 0.05) is 6.04 Å².